The normalized spacial score (nSPS) is 24.5. The SMILES string of the molecule is C=CCOC12Oc3ccc(OC(=O)NCc4ccccc4)cc3C3C(CCCCO)C(CCCCO)C=C(C(=NOC(C)(C)C)CC1N(C)C(=O)OCCCl)C32. The number of allylic oxidation sites excluding steroid dienone is 1. The van der Waals surface area contributed by atoms with E-state index in [9.17, 15) is 19.8 Å². The molecule has 13 heteroatoms. The number of oxime groups is 1. The van der Waals surface area contributed by atoms with Crippen molar-refractivity contribution in [2.24, 2.45) is 22.9 Å². The number of hydrogen-bond acceptors (Lipinski definition) is 10. The molecule has 2 aromatic carbocycles. The molecule has 12 nitrogen and oxygen atoms in total. The van der Waals surface area contributed by atoms with Crippen molar-refractivity contribution >= 4 is 29.5 Å². The van der Waals surface area contributed by atoms with Crippen molar-refractivity contribution in [1.29, 1.82) is 0 Å². The van der Waals surface area contributed by atoms with Gasteiger partial charge in [0.15, 0.2) is 0 Å². The number of amides is 2. The van der Waals surface area contributed by atoms with E-state index in [1.165, 1.54) is 4.90 Å². The molecule has 1 aliphatic heterocycles. The lowest BCUT2D eigenvalue weighted by Gasteiger charge is -2.59. The van der Waals surface area contributed by atoms with E-state index in [0.717, 1.165) is 42.4 Å². The first-order valence-corrected chi connectivity index (χ1v) is 20.2. The quantitative estimate of drug-likeness (QED) is 0.0597. The molecule has 3 N–H and O–H groups in total. The monoisotopic (exact) mass is 795 g/mol. The second-order valence-electron chi connectivity index (χ2n) is 15.6. The van der Waals surface area contributed by atoms with Crippen LogP contribution in [0.1, 0.15) is 82.8 Å². The number of alkyl halides is 1. The fraction of sp³-hybridized carbons (Fsp3) is 0.558. The summed E-state index contributed by atoms with van der Waals surface area (Å²) in [5.74, 6) is -1.18. The van der Waals surface area contributed by atoms with E-state index in [4.69, 9.17) is 40.5 Å². The van der Waals surface area contributed by atoms with Gasteiger partial charge in [-0.3, -0.25) is 0 Å². The fourth-order valence-electron chi connectivity index (χ4n) is 8.25. The minimum absolute atomic E-state index is 0.00236. The van der Waals surface area contributed by atoms with Crippen molar-refractivity contribution in [3.8, 4) is 11.5 Å². The van der Waals surface area contributed by atoms with E-state index in [0.29, 0.717) is 36.6 Å². The van der Waals surface area contributed by atoms with E-state index >= 15 is 0 Å². The first-order valence-electron chi connectivity index (χ1n) is 19.7. The average Bonchev–Trinajstić information content (AvgIpc) is 3.18. The van der Waals surface area contributed by atoms with E-state index in [-0.39, 0.29) is 56.5 Å². The predicted octanol–water partition coefficient (Wildman–Crippen LogP) is 7.71. The summed E-state index contributed by atoms with van der Waals surface area (Å²) in [6.07, 6.45) is 7.39. The van der Waals surface area contributed by atoms with Gasteiger partial charge >= 0.3 is 12.2 Å². The van der Waals surface area contributed by atoms with Gasteiger partial charge in [0.05, 0.1) is 24.1 Å². The third kappa shape index (κ3) is 10.2. The zero-order valence-electron chi connectivity index (χ0n) is 33.1. The summed E-state index contributed by atoms with van der Waals surface area (Å²) in [5, 5.41) is 27.3. The lowest BCUT2D eigenvalue weighted by molar-refractivity contribution is -0.253. The number of aliphatic hydroxyl groups excluding tert-OH is 2. The molecule has 0 bridgehead atoms. The minimum atomic E-state index is -1.44. The number of halogens is 1. The van der Waals surface area contributed by atoms with Crippen LogP contribution in [0.15, 0.2) is 78.0 Å². The third-order valence-electron chi connectivity index (χ3n) is 10.6. The maximum absolute atomic E-state index is 13.7. The molecule has 2 aromatic rings. The molecule has 2 aliphatic carbocycles. The Morgan fingerprint density at radius 2 is 1.82 bits per heavy atom. The molecule has 56 heavy (non-hydrogen) atoms. The van der Waals surface area contributed by atoms with Crippen molar-refractivity contribution in [2.75, 3.05) is 39.4 Å². The summed E-state index contributed by atoms with van der Waals surface area (Å²) >= 11 is 5.92. The molecule has 6 unspecified atom stereocenters. The molecule has 1 saturated carbocycles. The van der Waals surface area contributed by atoms with Crippen molar-refractivity contribution in [3.05, 3.63) is 84.0 Å². The largest absolute Gasteiger partial charge is 0.459 e. The molecule has 1 heterocycles. The highest BCUT2D eigenvalue weighted by atomic mass is 35.5. The Morgan fingerprint density at radius 1 is 1.09 bits per heavy atom. The van der Waals surface area contributed by atoms with E-state index in [1.807, 2.05) is 57.2 Å². The summed E-state index contributed by atoms with van der Waals surface area (Å²) in [4.78, 5) is 34.4. The minimum Gasteiger partial charge on any atom is -0.459 e. The smallest absolute Gasteiger partial charge is 0.412 e. The molecular weight excluding hydrogens is 738 g/mol. The Bertz CT molecular complexity index is 1700. The Hall–Kier alpha value is -4.10. The lowest BCUT2D eigenvalue weighted by Crippen LogP contribution is -2.69. The van der Waals surface area contributed by atoms with Gasteiger partial charge in [0, 0.05) is 44.7 Å². The topological polar surface area (TPSA) is 148 Å². The van der Waals surface area contributed by atoms with E-state index in [2.05, 4.69) is 18.0 Å². The first kappa shape index (κ1) is 43.0. The van der Waals surface area contributed by atoms with Gasteiger partial charge in [-0.05, 0) is 87.6 Å². The Labute approximate surface area is 335 Å². The van der Waals surface area contributed by atoms with Crippen LogP contribution in [-0.4, -0.2) is 89.8 Å². The van der Waals surface area contributed by atoms with Crippen LogP contribution in [-0.2, 0) is 20.9 Å². The van der Waals surface area contributed by atoms with Gasteiger partial charge in [-0.15, -0.1) is 18.2 Å². The molecule has 0 saturated heterocycles. The Morgan fingerprint density at radius 3 is 2.50 bits per heavy atom. The van der Waals surface area contributed by atoms with Crippen LogP contribution >= 0.6 is 11.6 Å². The zero-order valence-corrected chi connectivity index (χ0v) is 33.8. The maximum Gasteiger partial charge on any atom is 0.412 e. The summed E-state index contributed by atoms with van der Waals surface area (Å²) in [6, 6.07) is 14.2. The second kappa shape index (κ2) is 19.9. The van der Waals surface area contributed by atoms with Crippen LogP contribution in [0.4, 0.5) is 9.59 Å². The molecule has 1 fully saturated rings. The molecule has 306 valence electrons. The van der Waals surface area contributed by atoms with Gasteiger partial charge in [-0.1, -0.05) is 60.5 Å². The molecule has 3 aliphatic rings. The molecule has 2 amide bonds. The van der Waals surface area contributed by atoms with Crippen LogP contribution in [0.3, 0.4) is 0 Å². The average molecular weight is 796 g/mol. The third-order valence-corrected chi connectivity index (χ3v) is 10.8. The van der Waals surface area contributed by atoms with Crippen LogP contribution < -0.4 is 14.8 Å². The number of fused-ring (bicyclic) bond motifs is 2. The number of nitrogens with zero attached hydrogens (tertiary/aromatic N) is 2. The molecule has 0 spiro atoms. The zero-order chi connectivity index (χ0) is 40.3. The van der Waals surface area contributed by atoms with Gasteiger partial charge in [-0.25, -0.2) is 9.59 Å². The Kier molecular flexibility index (Phi) is 15.3. The van der Waals surface area contributed by atoms with Crippen molar-refractivity contribution in [3.63, 3.8) is 0 Å². The molecule has 6 atom stereocenters. The van der Waals surface area contributed by atoms with Crippen molar-refractivity contribution in [1.82, 2.24) is 10.2 Å². The summed E-state index contributed by atoms with van der Waals surface area (Å²) in [6.45, 7) is 10.3. The first-order chi connectivity index (χ1) is 27.0. The lowest BCUT2D eigenvalue weighted by atomic mass is 9.55. The highest BCUT2D eigenvalue weighted by Crippen LogP contribution is 2.61. The Balaban J connectivity index is 1.69. The van der Waals surface area contributed by atoms with Gasteiger partial charge in [-0.2, -0.15) is 0 Å². The second-order valence-corrected chi connectivity index (χ2v) is 16.0. The molecule has 5 rings (SSSR count). The standard InChI is InChI=1S/C43H58ClN3O9/c1-6-23-53-43-37(47(5)41(51)52-24-20-44)27-35(46-56-42(2,3)4)33-25-30(16-10-12-21-48)32(17-11-13-22-49)38(39(33)43)34-26-31(18-19-36(34)55-43)54-40(50)45-28-29-14-8-7-9-15-29/h6-9,14-15,18-19,25-26,30,32,37-39,48-49H,1,10-13,16-17,20-24,27-28H2,2-5H3,(H,45,50). The summed E-state index contributed by atoms with van der Waals surface area (Å²) in [7, 11) is 1.66. The highest BCUT2D eigenvalue weighted by molar-refractivity contribution is 6.18. The van der Waals surface area contributed by atoms with Crippen LogP contribution in [0.5, 0.6) is 11.5 Å². The fourth-order valence-corrected chi connectivity index (χ4v) is 8.33. The number of hydrogen-bond donors (Lipinski definition) is 3. The molecule has 0 aromatic heterocycles. The van der Waals surface area contributed by atoms with Crippen molar-refractivity contribution in [2.45, 2.75) is 95.6 Å². The number of likely N-dealkylation sites (N-methyl/N-ethyl adjacent to an activating group) is 1. The number of carbonyl (C=O) groups is 2. The number of rotatable bonds is 18. The van der Waals surface area contributed by atoms with Gasteiger partial charge in [0.25, 0.3) is 0 Å². The number of ether oxygens (including phenoxy) is 4. The van der Waals surface area contributed by atoms with Gasteiger partial charge in [0.2, 0.25) is 5.79 Å². The number of benzene rings is 2. The predicted molar refractivity (Wildman–Crippen MR) is 215 cm³/mol. The number of unbranched alkanes of at least 4 members (excludes halogenated alkanes) is 2. The summed E-state index contributed by atoms with van der Waals surface area (Å²) < 4.78 is 25.4. The number of nitrogens with one attached hydrogen (secondary N) is 1. The van der Waals surface area contributed by atoms with Crippen LogP contribution in [0.2, 0.25) is 0 Å². The molecular formula is C43H58ClN3O9. The van der Waals surface area contributed by atoms with E-state index in [1.54, 1.807) is 25.3 Å². The van der Waals surface area contributed by atoms with Crippen LogP contribution in [0, 0.1) is 17.8 Å². The number of carbonyl (C=O) groups excluding carboxylic acids is 2. The van der Waals surface area contributed by atoms with Crippen molar-refractivity contribution < 1.29 is 43.6 Å². The number of aliphatic hydroxyl groups is 2. The van der Waals surface area contributed by atoms with Gasteiger partial charge < -0.3 is 44.2 Å². The van der Waals surface area contributed by atoms with E-state index < -0.39 is 35.5 Å². The molecule has 0 radical (unpaired) electrons. The summed E-state index contributed by atoms with van der Waals surface area (Å²) in [5.41, 5.74) is 2.72. The van der Waals surface area contributed by atoms with Gasteiger partial charge in [0.1, 0.15) is 29.7 Å². The maximum atomic E-state index is 13.7. The van der Waals surface area contributed by atoms with Crippen LogP contribution in [0.25, 0.3) is 0 Å². The highest BCUT2D eigenvalue weighted by Gasteiger charge is 2.65.